The van der Waals surface area contributed by atoms with E-state index in [0.717, 1.165) is 30.5 Å². The lowest BCUT2D eigenvalue weighted by atomic mass is 9.75. The molecule has 1 unspecified atom stereocenters. The summed E-state index contributed by atoms with van der Waals surface area (Å²) >= 11 is 0. The second-order valence-electron chi connectivity index (χ2n) is 8.55. The monoisotopic (exact) mass is 522 g/mol. The zero-order chi connectivity index (χ0) is 25.6. The molecule has 0 saturated carbocycles. The topological polar surface area (TPSA) is 134 Å². The van der Waals surface area contributed by atoms with Crippen LogP contribution in [0.15, 0.2) is 35.2 Å². The van der Waals surface area contributed by atoms with Crippen LogP contribution in [0.25, 0.3) is 0 Å². The fourth-order valence-electron chi connectivity index (χ4n) is 4.93. The Kier molecular flexibility index (Phi) is 6.34. The van der Waals surface area contributed by atoms with Gasteiger partial charge in [-0.15, -0.1) is 0 Å². The third-order valence-corrected chi connectivity index (χ3v) is 10.1. The molecule has 0 bridgehead atoms. The standard InChI is InChI=1S/C23H20F2N2O6S2/c1-34(28,29)9-6-20-17-13-33-22-19(25)5-4-18(24)21(22)23(17,7-8-32-20)35(30,31)16-3-2-14(11-26)15(10-16)12-27/h2-5,10,17,20H,6-9,13H2,1H3/t17?,20-,23-/m0/s1. The van der Waals surface area contributed by atoms with E-state index in [0.29, 0.717) is 0 Å². The predicted octanol–water partition coefficient (Wildman–Crippen LogP) is 2.61. The average Bonchev–Trinajstić information content (AvgIpc) is 2.83. The number of hydrogen-bond donors (Lipinski definition) is 0. The van der Waals surface area contributed by atoms with Crippen LogP contribution >= 0.6 is 0 Å². The van der Waals surface area contributed by atoms with Gasteiger partial charge < -0.3 is 9.47 Å². The number of hydrogen-bond acceptors (Lipinski definition) is 8. The van der Waals surface area contributed by atoms with Crippen LogP contribution in [0.1, 0.15) is 29.5 Å². The van der Waals surface area contributed by atoms with Gasteiger partial charge in [0.25, 0.3) is 0 Å². The third kappa shape index (κ3) is 4.05. The van der Waals surface area contributed by atoms with Crippen LogP contribution in [0.4, 0.5) is 8.78 Å². The van der Waals surface area contributed by atoms with Gasteiger partial charge in [-0.25, -0.2) is 25.6 Å². The highest BCUT2D eigenvalue weighted by atomic mass is 32.2. The summed E-state index contributed by atoms with van der Waals surface area (Å²) in [4.78, 5) is -0.349. The Morgan fingerprint density at radius 1 is 1.06 bits per heavy atom. The number of nitrogens with zero attached hydrogens (tertiary/aromatic N) is 2. The number of sulfone groups is 2. The van der Waals surface area contributed by atoms with Gasteiger partial charge in [0.05, 0.1) is 40.0 Å². The van der Waals surface area contributed by atoms with Crippen LogP contribution in [0.3, 0.4) is 0 Å². The summed E-state index contributed by atoms with van der Waals surface area (Å²) in [5, 5.41) is 18.6. The van der Waals surface area contributed by atoms with Crippen molar-refractivity contribution in [3.63, 3.8) is 0 Å². The van der Waals surface area contributed by atoms with Gasteiger partial charge >= 0.3 is 0 Å². The van der Waals surface area contributed by atoms with Crippen LogP contribution in [0.2, 0.25) is 0 Å². The first-order valence-electron chi connectivity index (χ1n) is 10.6. The van der Waals surface area contributed by atoms with E-state index in [1.807, 2.05) is 0 Å². The normalized spacial score (nSPS) is 23.8. The van der Waals surface area contributed by atoms with Gasteiger partial charge in [-0.05, 0) is 43.2 Å². The minimum Gasteiger partial charge on any atom is -0.490 e. The lowest BCUT2D eigenvalue weighted by Crippen LogP contribution is -2.57. The molecule has 184 valence electrons. The van der Waals surface area contributed by atoms with Crippen molar-refractivity contribution < 1.29 is 35.1 Å². The van der Waals surface area contributed by atoms with Crippen molar-refractivity contribution in [2.45, 2.75) is 28.6 Å². The average molecular weight is 523 g/mol. The van der Waals surface area contributed by atoms with E-state index >= 15 is 4.39 Å². The van der Waals surface area contributed by atoms with E-state index in [1.54, 1.807) is 12.1 Å². The molecule has 0 spiro atoms. The first-order chi connectivity index (χ1) is 16.5. The molecule has 0 N–H and O–H groups in total. The molecule has 1 fully saturated rings. The molecule has 4 rings (SSSR count). The van der Waals surface area contributed by atoms with Gasteiger partial charge in [0.1, 0.15) is 32.5 Å². The fourth-order valence-corrected chi connectivity index (χ4v) is 7.96. The molecule has 0 aliphatic carbocycles. The summed E-state index contributed by atoms with van der Waals surface area (Å²) in [6.45, 7) is -0.524. The maximum atomic E-state index is 15.3. The molecule has 2 heterocycles. The lowest BCUT2D eigenvalue weighted by Gasteiger charge is -2.50. The first-order valence-corrected chi connectivity index (χ1v) is 14.1. The van der Waals surface area contributed by atoms with Gasteiger partial charge in [-0.3, -0.25) is 0 Å². The molecular formula is C23H20F2N2O6S2. The molecule has 2 aliphatic rings. The number of halogens is 2. The maximum absolute atomic E-state index is 15.3. The van der Waals surface area contributed by atoms with E-state index in [2.05, 4.69) is 0 Å². The number of ether oxygens (including phenoxy) is 2. The van der Waals surface area contributed by atoms with E-state index in [4.69, 9.17) is 9.47 Å². The second-order valence-corrected chi connectivity index (χ2v) is 13.0. The van der Waals surface area contributed by atoms with Crippen molar-refractivity contribution in [1.82, 2.24) is 0 Å². The molecule has 12 heteroatoms. The van der Waals surface area contributed by atoms with Crippen molar-refractivity contribution in [2.75, 3.05) is 25.2 Å². The van der Waals surface area contributed by atoms with Crippen molar-refractivity contribution in [3.8, 4) is 17.9 Å². The van der Waals surface area contributed by atoms with Crippen LogP contribution in [0.5, 0.6) is 5.75 Å². The minimum atomic E-state index is -4.56. The Morgan fingerprint density at radius 3 is 2.40 bits per heavy atom. The molecule has 2 aromatic carbocycles. The largest absolute Gasteiger partial charge is 0.490 e. The Balaban J connectivity index is 1.98. The zero-order valence-electron chi connectivity index (χ0n) is 18.5. The first kappa shape index (κ1) is 25.0. The molecule has 0 radical (unpaired) electrons. The lowest BCUT2D eigenvalue weighted by molar-refractivity contribution is -0.0732. The summed E-state index contributed by atoms with van der Waals surface area (Å²) in [6.07, 6.45) is -0.249. The summed E-state index contributed by atoms with van der Waals surface area (Å²) in [7, 11) is -7.99. The van der Waals surface area contributed by atoms with Crippen LogP contribution in [0, 0.1) is 40.2 Å². The van der Waals surface area contributed by atoms with E-state index < -0.39 is 59.4 Å². The predicted molar refractivity (Wildman–Crippen MR) is 119 cm³/mol. The van der Waals surface area contributed by atoms with Gasteiger partial charge in [0.15, 0.2) is 21.4 Å². The molecule has 2 aromatic rings. The Morgan fingerprint density at radius 2 is 1.74 bits per heavy atom. The fraction of sp³-hybridized carbons (Fsp3) is 0.391. The molecular weight excluding hydrogens is 502 g/mol. The zero-order valence-corrected chi connectivity index (χ0v) is 20.1. The van der Waals surface area contributed by atoms with Gasteiger partial charge in [-0.2, -0.15) is 10.5 Å². The van der Waals surface area contributed by atoms with Crippen LogP contribution in [-0.4, -0.2) is 48.2 Å². The highest BCUT2D eigenvalue weighted by Crippen LogP contribution is 2.56. The number of benzene rings is 2. The van der Waals surface area contributed by atoms with Crippen molar-refractivity contribution in [1.29, 1.82) is 10.5 Å². The molecule has 0 amide bonds. The Labute approximate surface area is 201 Å². The highest BCUT2D eigenvalue weighted by Gasteiger charge is 2.61. The highest BCUT2D eigenvalue weighted by molar-refractivity contribution is 7.92. The third-order valence-electron chi connectivity index (χ3n) is 6.54. The number of nitriles is 2. The van der Waals surface area contributed by atoms with Gasteiger partial charge in [0, 0.05) is 18.8 Å². The molecule has 3 atom stereocenters. The number of fused-ring (bicyclic) bond motifs is 3. The molecule has 8 nitrogen and oxygen atoms in total. The summed E-state index contributed by atoms with van der Waals surface area (Å²) in [5.41, 5.74) is -0.707. The second kappa shape index (κ2) is 8.86. The smallest absolute Gasteiger partial charge is 0.189 e. The Hall–Kier alpha value is -3.06. The van der Waals surface area contributed by atoms with E-state index in [9.17, 15) is 31.7 Å². The summed E-state index contributed by atoms with van der Waals surface area (Å²) < 4.78 is 91.4. The van der Waals surface area contributed by atoms with E-state index in [1.165, 1.54) is 6.07 Å². The van der Waals surface area contributed by atoms with E-state index in [-0.39, 0.29) is 47.8 Å². The van der Waals surface area contributed by atoms with Crippen molar-refractivity contribution in [2.24, 2.45) is 5.92 Å². The summed E-state index contributed by atoms with van der Waals surface area (Å²) in [5.74, 6) is -3.84. The Bertz CT molecular complexity index is 1500. The number of rotatable bonds is 5. The molecule has 1 saturated heterocycles. The summed E-state index contributed by atoms with van der Waals surface area (Å²) in [6, 6.07) is 8.60. The minimum absolute atomic E-state index is 0.0388. The van der Waals surface area contributed by atoms with Crippen molar-refractivity contribution in [3.05, 3.63) is 58.7 Å². The molecule has 0 aromatic heterocycles. The SMILES string of the molecule is CS(=O)(=O)CC[C@@H]1OCC[C@@]2(S(=O)(=O)c3ccc(C#N)c(C#N)c3)c3c(F)ccc(F)c3OCC12. The van der Waals surface area contributed by atoms with Crippen LogP contribution in [-0.2, 0) is 29.2 Å². The molecule has 2 aliphatic heterocycles. The van der Waals surface area contributed by atoms with Crippen molar-refractivity contribution >= 4 is 19.7 Å². The maximum Gasteiger partial charge on any atom is 0.189 e. The van der Waals surface area contributed by atoms with Gasteiger partial charge in [0.2, 0.25) is 0 Å². The quantitative estimate of drug-likeness (QED) is 0.585. The van der Waals surface area contributed by atoms with Gasteiger partial charge in [-0.1, -0.05) is 0 Å². The van der Waals surface area contributed by atoms with Crippen LogP contribution < -0.4 is 4.74 Å². The molecule has 35 heavy (non-hydrogen) atoms.